The molecule has 0 aliphatic carbocycles. The second-order valence-electron chi connectivity index (χ2n) is 5.26. The lowest BCUT2D eigenvalue weighted by Gasteiger charge is -2.19. The fourth-order valence-electron chi connectivity index (χ4n) is 2.25. The van der Waals surface area contributed by atoms with E-state index in [-0.39, 0.29) is 17.9 Å². The van der Waals surface area contributed by atoms with Crippen molar-refractivity contribution >= 4 is 22.3 Å². The molecule has 0 fully saturated rings. The van der Waals surface area contributed by atoms with Crippen LogP contribution in [0.15, 0.2) is 6.20 Å². The summed E-state index contributed by atoms with van der Waals surface area (Å²) in [5.41, 5.74) is 2.09. The van der Waals surface area contributed by atoms with Crippen LogP contribution in [0.2, 0.25) is 0 Å². The second-order valence-corrected chi connectivity index (χ2v) is 6.48. The average Bonchev–Trinajstić information content (AvgIpc) is 2.85. The summed E-state index contributed by atoms with van der Waals surface area (Å²) in [6, 6.07) is -0.301. The number of aryl methyl sites for hydroxylation is 2. The Labute approximate surface area is 123 Å². The molecule has 2 rings (SSSR count). The number of hydrogen-bond donors (Lipinski definition) is 1. The molecule has 2 aromatic heterocycles. The van der Waals surface area contributed by atoms with Crippen molar-refractivity contribution in [1.29, 1.82) is 0 Å². The van der Waals surface area contributed by atoms with Gasteiger partial charge in [-0.15, -0.1) is 11.3 Å². The highest BCUT2D eigenvalue weighted by Gasteiger charge is 2.23. The Bertz CT molecular complexity index is 615. The lowest BCUT2D eigenvalue weighted by atomic mass is 10.0. The molecule has 20 heavy (non-hydrogen) atoms. The molecule has 0 spiro atoms. The summed E-state index contributed by atoms with van der Waals surface area (Å²) in [4.78, 5) is 18.5. The average molecular weight is 295 g/mol. The van der Waals surface area contributed by atoms with Gasteiger partial charge < -0.3 is 4.74 Å². The second kappa shape index (κ2) is 5.93. The zero-order valence-corrected chi connectivity index (χ0v) is 13.4. The van der Waals surface area contributed by atoms with Crippen LogP contribution in [0, 0.1) is 19.8 Å². The summed E-state index contributed by atoms with van der Waals surface area (Å²) in [5.74, 6) is -0.0460. The molecule has 2 aromatic rings. The molecular formula is C14H21N3O2S. The normalized spacial score (nSPS) is 13.1. The maximum Gasteiger partial charge on any atom is 0.323 e. The van der Waals surface area contributed by atoms with E-state index in [4.69, 9.17) is 4.74 Å². The summed E-state index contributed by atoms with van der Waals surface area (Å²) < 4.78 is 6.94. The Morgan fingerprint density at radius 2 is 2.20 bits per heavy atom. The fraction of sp³-hybridized carbons (Fsp3) is 0.571. The first-order chi connectivity index (χ1) is 9.43. The molecule has 2 heterocycles. The molecular weight excluding hydrogens is 274 g/mol. The smallest absolute Gasteiger partial charge is 0.323 e. The largest absolute Gasteiger partial charge is 0.468 e. The van der Waals surface area contributed by atoms with Gasteiger partial charge in [0.2, 0.25) is 0 Å². The molecule has 110 valence electrons. The molecule has 1 atom stereocenters. The van der Waals surface area contributed by atoms with Gasteiger partial charge in [0.05, 0.1) is 18.5 Å². The van der Waals surface area contributed by atoms with Gasteiger partial charge in [0.15, 0.2) is 4.96 Å². The highest BCUT2D eigenvalue weighted by molar-refractivity contribution is 7.17. The number of ether oxygens (including phenoxy) is 1. The van der Waals surface area contributed by atoms with Crippen molar-refractivity contribution in [3.05, 3.63) is 22.5 Å². The van der Waals surface area contributed by atoms with E-state index >= 15 is 0 Å². The standard InChI is InChI=1S/C14H21N3O2S/c1-8(2)12(13(18)19-5)15-6-11-10(4)16-14-17(11)7-9(3)20-14/h7-8,12,15H,6H2,1-5H3. The molecule has 0 amide bonds. The number of imidazole rings is 1. The predicted octanol–water partition coefficient (Wildman–Crippen LogP) is 2.30. The number of carbonyl (C=O) groups is 1. The van der Waals surface area contributed by atoms with Gasteiger partial charge in [0, 0.05) is 17.6 Å². The number of nitrogens with zero attached hydrogens (tertiary/aromatic N) is 2. The highest BCUT2D eigenvalue weighted by atomic mass is 32.1. The molecule has 0 aromatic carbocycles. The minimum Gasteiger partial charge on any atom is -0.468 e. The van der Waals surface area contributed by atoms with Crippen LogP contribution in [0.3, 0.4) is 0 Å². The number of thiazole rings is 1. The zero-order chi connectivity index (χ0) is 14.9. The van der Waals surface area contributed by atoms with Crippen LogP contribution in [-0.2, 0) is 16.1 Å². The van der Waals surface area contributed by atoms with Gasteiger partial charge >= 0.3 is 5.97 Å². The van der Waals surface area contributed by atoms with Crippen LogP contribution in [0.25, 0.3) is 4.96 Å². The first-order valence-corrected chi connectivity index (χ1v) is 7.51. The Kier molecular flexibility index (Phi) is 4.45. The fourth-order valence-corrected chi connectivity index (χ4v) is 3.14. The molecule has 1 N–H and O–H groups in total. The van der Waals surface area contributed by atoms with Crippen LogP contribution < -0.4 is 5.32 Å². The van der Waals surface area contributed by atoms with Gasteiger partial charge in [-0.1, -0.05) is 13.8 Å². The van der Waals surface area contributed by atoms with Crippen LogP contribution in [-0.4, -0.2) is 28.5 Å². The Balaban J connectivity index is 2.19. The number of esters is 1. The molecule has 5 nitrogen and oxygen atoms in total. The number of carbonyl (C=O) groups excluding carboxylic acids is 1. The summed E-state index contributed by atoms with van der Waals surface area (Å²) >= 11 is 1.67. The van der Waals surface area contributed by atoms with E-state index in [1.165, 1.54) is 12.0 Å². The molecule has 1 unspecified atom stereocenters. The van der Waals surface area contributed by atoms with Crippen LogP contribution in [0.4, 0.5) is 0 Å². The van der Waals surface area contributed by atoms with Crippen LogP contribution in [0.1, 0.15) is 30.1 Å². The lowest BCUT2D eigenvalue weighted by Crippen LogP contribution is -2.41. The van der Waals surface area contributed by atoms with Crippen molar-refractivity contribution in [2.45, 2.75) is 40.3 Å². The maximum absolute atomic E-state index is 11.8. The third-order valence-electron chi connectivity index (χ3n) is 3.35. The van der Waals surface area contributed by atoms with Crippen molar-refractivity contribution in [3.8, 4) is 0 Å². The Morgan fingerprint density at radius 3 is 2.80 bits per heavy atom. The quantitative estimate of drug-likeness (QED) is 0.860. The first-order valence-electron chi connectivity index (χ1n) is 6.69. The van der Waals surface area contributed by atoms with Gasteiger partial charge in [-0.3, -0.25) is 14.5 Å². The Morgan fingerprint density at radius 1 is 1.50 bits per heavy atom. The molecule has 0 saturated carbocycles. The monoisotopic (exact) mass is 295 g/mol. The van der Waals surface area contributed by atoms with E-state index < -0.39 is 0 Å². The van der Waals surface area contributed by atoms with Crippen molar-refractivity contribution in [3.63, 3.8) is 0 Å². The lowest BCUT2D eigenvalue weighted by molar-refractivity contribution is -0.144. The summed E-state index contributed by atoms with van der Waals surface area (Å²) in [7, 11) is 1.42. The van der Waals surface area contributed by atoms with E-state index in [2.05, 4.69) is 27.8 Å². The molecule has 0 radical (unpaired) electrons. The van der Waals surface area contributed by atoms with Crippen molar-refractivity contribution in [1.82, 2.24) is 14.7 Å². The molecule has 0 saturated heterocycles. The van der Waals surface area contributed by atoms with Gasteiger partial charge in [0.25, 0.3) is 0 Å². The van der Waals surface area contributed by atoms with Gasteiger partial charge in [-0.25, -0.2) is 4.98 Å². The number of hydrogen-bond acceptors (Lipinski definition) is 5. The van der Waals surface area contributed by atoms with E-state index in [1.807, 2.05) is 20.8 Å². The highest BCUT2D eigenvalue weighted by Crippen LogP contribution is 2.20. The third kappa shape index (κ3) is 2.86. The van der Waals surface area contributed by atoms with Gasteiger partial charge in [-0.05, 0) is 19.8 Å². The predicted molar refractivity (Wildman–Crippen MR) is 80.0 cm³/mol. The minimum atomic E-state index is -0.301. The minimum absolute atomic E-state index is 0.176. The summed E-state index contributed by atoms with van der Waals surface area (Å²) in [6.45, 7) is 8.66. The van der Waals surface area contributed by atoms with E-state index in [9.17, 15) is 4.79 Å². The van der Waals surface area contributed by atoms with Crippen LogP contribution >= 0.6 is 11.3 Å². The van der Waals surface area contributed by atoms with Gasteiger partial charge in [0.1, 0.15) is 6.04 Å². The summed E-state index contributed by atoms with van der Waals surface area (Å²) in [6.07, 6.45) is 2.08. The first kappa shape index (κ1) is 15.0. The Hall–Kier alpha value is -1.40. The van der Waals surface area contributed by atoms with E-state index in [0.717, 1.165) is 16.3 Å². The molecule has 0 bridgehead atoms. The van der Waals surface area contributed by atoms with Crippen molar-refractivity contribution < 1.29 is 9.53 Å². The number of aromatic nitrogens is 2. The van der Waals surface area contributed by atoms with Crippen molar-refractivity contribution in [2.24, 2.45) is 5.92 Å². The third-order valence-corrected chi connectivity index (χ3v) is 4.25. The number of nitrogens with one attached hydrogen (secondary N) is 1. The number of fused-ring (bicyclic) bond motifs is 1. The maximum atomic E-state index is 11.8. The van der Waals surface area contributed by atoms with E-state index in [0.29, 0.717) is 6.54 Å². The van der Waals surface area contributed by atoms with Crippen molar-refractivity contribution in [2.75, 3.05) is 7.11 Å². The molecule has 0 aliphatic heterocycles. The zero-order valence-electron chi connectivity index (χ0n) is 12.6. The van der Waals surface area contributed by atoms with E-state index in [1.54, 1.807) is 11.3 Å². The SMILES string of the molecule is COC(=O)C(NCc1c(C)nc2sc(C)cn12)C(C)C. The molecule has 6 heteroatoms. The van der Waals surface area contributed by atoms with Crippen LogP contribution in [0.5, 0.6) is 0 Å². The number of rotatable bonds is 5. The number of methoxy groups -OCH3 is 1. The van der Waals surface area contributed by atoms with Gasteiger partial charge in [-0.2, -0.15) is 0 Å². The summed E-state index contributed by atoms with van der Waals surface area (Å²) in [5, 5.41) is 3.28. The molecule has 0 aliphatic rings. The topological polar surface area (TPSA) is 55.6 Å².